The van der Waals surface area contributed by atoms with Crippen LogP contribution in [0.4, 0.5) is 4.39 Å². The molecule has 82 valence electrons. The summed E-state index contributed by atoms with van der Waals surface area (Å²) >= 11 is 5.94. The minimum Gasteiger partial charge on any atom is -0.326 e. The molecule has 0 unspecified atom stereocenters. The van der Waals surface area contributed by atoms with E-state index in [1.165, 1.54) is 12.1 Å². The summed E-state index contributed by atoms with van der Waals surface area (Å²) in [4.78, 5) is 0. The van der Waals surface area contributed by atoms with Crippen molar-refractivity contribution < 1.29 is 4.39 Å². The lowest BCUT2D eigenvalue weighted by atomic mass is 10.00. The standard InChI is InChI=1S/C13H11ClFN/c14-11-4-1-10(8-16)13(7-11)9-2-5-12(15)6-3-9/h1-7H,8,16H2. The van der Waals surface area contributed by atoms with Crippen molar-refractivity contribution in [3.8, 4) is 11.1 Å². The van der Waals surface area contributed by atoms with Crippen LogP contribution < -0.4 is 5.73 Å². The number of rotatable bonds is 2. The van der Waals surface area contributed by atoms with Crippen LogP contribution in [0.1, 0.15) is 5.56 Å². The summed E-state index contributed by atoms with van der Waals surface area (Å²) in [5.74, 6) is -0.250. The van der Waals surface area contributed by atoms with E-state index >= 15 is 0 Å². The highest BCUT2D eigenvalue weighted by molar-refractivity contribution is 6.30. The molecule has 0 aromatic heterocycles. The molecule has 0 saturated carbocycles. The largest absolute Gasteiger partial charge is 0.326 e. The summed E-state index contributed by atoms with van der Waals surface area (Å²) in [7, 11) is 0. The normalized spacial score (nSPS) is 10.4. The molecule has 0 spiro atoms. The van der Waals surface area contributed by atoms with Gasteiger partial charge in [-0.15, -0.1) is 0 Å². The Balaban J connectivity index is 2.53. The second-order valence-electron chi connectivity index (χ2n) is 3.51. The Morgan fingerprint density at radius 2 is 1.75 bits per heavy atom. The molecule has 2 N–H and O–H groups in total. The van der Waals surface area contributed by atoms with Gasteiger partial charge in [0.15, 0.2) is 0 Å². The van der Waals surface area contributed by atoms with Gasteiger partial charge in [0, 0.05) is 11.6 Å². The maximum atomic E-state index is 12.8. The van der Waals surface area contributed by atoms with Crippen molar-refractivity contribution in [3.63, 3.8) is 0 Å². The Bertz CT molecular complexity index is 494. The summed E-state index contributed by atoms with van der Waals surface area (Å²) < 4.78 is 12.8. The molecule has 2 rings (SSSR count). The van der Waals surface area contributed by atoms with E-state index in [0.29, 0.717) is 11.6 Å². The van der Waals surface area contributed by atoms with Gasteiger partial charge in [0.25, 0.3) is 0 Å². The molecule has 1 nitrogen and oxygen atoms in total. The molecule has 0 heterocycles. The second kappa shape index (κ2) is 4.64. The van der Waals surface area contributed by atoms with Crippen molar-refractivity contribution in [1.82, 2.24) is 0 Å². The fourth-order valence-corrected chi connectivity index (χ4v) is 1.80. The van der Waals surface area contributed by atoms with E-state index in [2.05, 4.69) is 0 Å². The van der Waals surface area contributed by atoms with Crippen LogP contribution in [0.5, 0.6) is 0 Å². The van der Waals surface area contributed by atoms with Gasteiger partial charge < -0.3 is 5.73 Å². The molecule has 0 aliphatic heterocycles. The van der Waals surface area contributed by atoms with Crippen LogP contribution in [0.25, 0.3) is 11.1 Å². The summed E-state index contributed by atoms with van der Waals surface area (Å²) in [5.41, 5.74) is 8.52. The molecule has 0 atom stereocenters. The van der Waals surface area contributed by atoms with Crippen LogP contribution in [-0.2, 0) is 6.54 Å². The monoisotopic (exact) mass is 235 g/mol. The Labute approximate surface area is 98.7 Å². The van der Waals surface area contributed by atoms with Crippen LogP contribution in [-0.4, -0.2) is 0 Å². The van der Waals surface area contributed by atoms with E-state index < -0.39 is 0 Å². The molecule has 0 bridgehead atoms. The highest BCUT2D eigenvalue weighted by Gasteiger charge is 2.04. The minimum absolute atomic E-state index is 0.250. The van der Waals surface area contributed by atoms with Crippen molar-refractivity contribution in [2.75, 3.05) is 0 Å². The molecule has 0 amide bonds. The van der Waals surface area contributed by atoms with Gasteiger partial charge in [-0.1, -0.05) is 29.8 Å². The van der Waals surface area contributed by atoms with Gasteiger partial charge in [0.1, 0.15) is 5.82 Å². The van der Waals surface area contributed by atoms with E-state index in [-0.39, 0.29) is 5.82 Å². The van der Waals surface area contributed by atoms with E-state index in [9.17, 15) is 4.39 Å². The van der Waals surface area contributed by atoms with Crippen LogP contribution >= 0.6 is 11.6 Å². The molecule has 0 radical (unpaired) electrons. The van der Waals surface area contributed by atoms with E-state index in [1.54, 1.807) is 18.2 Å². The SMILES string of the molecule is NCc1ccc(Cl)cc1-c1ccc(F)cc1. The van der Waals surface area contributed by atoms with Crippen LogP contribution in [0.15, 0.2) is 42.5 Å². The van der Waals surface area contributed by atoms with Crippen LogP contribution in [0.3, 0.4) is 0 Å². The first kappa shape index (κ1) is 11.1. The maximum absolute atomic E-state index is 12.8. The zero-order valence-electron chi connectivity index (χ0n) is 8.58. The third-order valence-electron chi connectivity index (χ3n) is 2.45. The van der Waals surface area contributed by atoms with Crippen LogP contribution in [0, 0.1) is 5.82 Å². The zero-order valence-corrected chi connectivity index (χ0v) is 9.34. The highest BCUT2D eigenvalue weighted by Crippen LogP contribution is 2.26. The van der Waals surface area contributed by atoms with E-state index in [1.807, 2.05) is 12.1 Å². The molecule has 0 fully saturated rings. The molecular formula is C13H11ClFN. The van der Waals surface area contributed by atoms with Crippen molar-refractivity contribution in [2.45, 2.75) is 6.54 Å². The van der Waals surface area contributed by atoms with Crippen molar-refractivity contribution >= 4 is 11.6 Å². The minimum atomic E-state index is -0.250. The molecule has 16 heavy (non-hydrogen) atoms. The lowest BCUT2D eigenvalue weighted by Gasteiger charge is -2.08. The fourth-order valence-electron chi connectivity index (χ4n) is 1.62. The molecule has 0 aliphatic rings. The first-order valence-electron chi connectivity index (χ1n) is 4.95. The Morgan fingerprint density at radius 3 is 2.38 bits per heavy atom. The number of hydrogen-bond acceptors (Lipinski definition) is 1. The average molecular weight is 236 g/mol. The summed E-state index contributed by atoms with van der Waals surface area (Å²) in [5, 5.41) is 0.650. The Kier molecular flexibility index (Phi) is 3.22. The first-order valence-corrected chi connectivity index (χ1v) is 5.33. The quantitative estimate of drug-likeness (QED) is 0.846. The summed E-state index contributed by atoms with van der Waals surface area (Å²) in [6, 6.07) is 11.8. The maximum Gasteiger partial charge on any atom is 0.123 e. The summed E-state index contributed by atoms with van der Waals surface area (Å²) in [6.07, 6.45) is 0. The topological polar surface area (TPSA) is 26.0 Å². The van der Waals surface area contributed by atoms with E-state index in [4.69, 9.17) is 17.3 Å². The van der Waals surface area contributed by atoms with Gasteiger partial charge in [0.05, 0.1) is 0 Å². The third kappa shape index (κ3) is 2.23. The Morgan fingerprint density at radius 1 is 1.06 bits per heavy atom. The molecular weight excluding hydrogens is 225 g/mol. The Hall–Kier alpha value is -1.38. The fraction of sp³-hybridized carbons (Fsp3) is 0.0769. The second-order valence-corrected chi connectivity index (χ2v) is 3.95. The highest BCUT2D eigenvalue weighted by atomic mass is 35.5. The van der Waals surface area contributed by atoms with Gasteiger partial charge in [-0.3, -0.25) is 0 Å². The van der Waals surface area contributed by atoms with Gasteiger partial charge in [-0.2, -0.15) is 0 Å². The van der Waals surface area contributed by atoms with Gasteiger partial charge in [-0.25, -0.2) is 4.39 Å². The first-order chi connectivity index (χ1) is 7.70. The zero-order chi connectivity index (χ0) is 11.5. The summed E-state index contributed by atoms with van der Waals surface area (Å²) in [6.45, 7) is 0.434. The van der Waals surface area contributed by atoms with Gasteiger partial charge in [-0.05, 0) is 41.0 Å². The van der Waals surface area contributed by atoms with Crippen LogP contribution in [0.2, 0.25) is 5.02 Å². The van der Waals surface area contributed by atoms with Crippen molar-refractivity contribution in [3.05, 3.63) is 58.9 Å². The van der Waals surface area contributed by atoms with Gasteiger partial charge in [0.2, 0.25) is 0 Å². The lowest BCUT2D eigenvalue weighted by molar-refractivity contribution is 0.628. The number of nitrogens with two attached hydrogens (primary N) is 1. The van der Waals surface area contributed by atoms with Crippen molar-refractivity contribution in [1.29, 1.82) is 0 Å². The number of halogens is 2. The average Bonchev–Trinajstić information content (AvgIpc) is 2.30. The van der Waals surface area contributed by atoms with E-state index in [0.717, 1.165) is 16.7 Å². The predicted molar refractivity (Wildman–Crippen MR) is 64.7 cm³/mol. The molecule has 2 aromatic carbocycles. The smallest absolute Gasteiger partial charge is 0.123 e. The lowest BCUT2D eigenvalue weighted by Crippen LogP contribution is -1.98. The predicted octanol–water partition coefficient (Wildman–Crippen LogP) is 3.60. The molecule has 2 aromatic rings. The molecule has 0 saturated heterocycles. The number of benzene rings is 2. The molecule has 3 heteroatoms. The number of hydrogen-bond donors (Lipinski definition) is 1. The molecule has 0 aliphatic carbocycles. The van der Waals surface area contributed by atoms with Crippen molar-refractivity contribution in [2.24, 2.45) is 5.73 Å². The third-order valence-corrected chi connectivity index (χ3v) is 2.68. The van der Waals surface area contributed by atoms with Gasteiger partial charge >= 0.3 is 0 Å².